The van der Waals surface area contributed by atoms with Crippen LogP contribution in [0.1, 0.15) is 6.99 Å². The molecular weight excluding hydrogens is 323 g/mol. The van der Waals surface area contributed by atoms with Crippen LogP contribution >= 0.6 is 0 Å². The molecule has 0 atom stereocenters. The molecule has 0 bridgehead atoms. The third-order valence-electron chi connectivity index (χ3n) is 4.16. The Bertz CT molecular complexity index is 1070. The number of carboxylic acids is 1. The van der Waals surface area contributed by atoms with Crippen molar-refractivity contribution in [3.05, 3.63) is 66.7 Å². The van der Waals surface area contributed by atoms with Crippen molar-refractivity contribution in [1.82, 2.24) is 19.3 Å². The molecule has 2 heterocycles. The topological polar surface area (TPSA) is 72.9 Å². The second kappa shape index (κ2) is 7.20. The van der Waals surface area contributed by atoms with Gasteiger partial charge in [-0.2, -0.15) is 5.10 Å². The number of imidazole rings is 1. The number of aromatic nitrogens is 4. The monoisotopic (exact) mass is 340 g/mol. The third-order valence-corrected chi connectivity index (χ3v) is 4.16. The second-order valence-corrected chi connectivity index (χ2v) is 5.96. The maximum Gasteiger partial charge on any atom is 1.00 e. The van der Waals surface area contributed by atoms with E-state index >= 15 is 0 Å². The SMILES string of the molecule is Cn1cc(-c2ccc3c(c2)ncn3-c2ccc(CC(=O)O)cc2)cn1.[H-].[Li+]. The Hall–Kier alpha value is -2.81. The van der Waals surface area contributed by atoms with Crippen LogP contribution in [0.25, 0.3) is 27.8 Å². The van der Waals surface area contributed by atoms with E-state index in [1.807, 2.05) is 60.4 Å². The molecule has 0 unspecified atom stereocenters. The van der Waals surface area contributed by atoms with Gasteiger partial charge in [0.1, 0.15) is 6.33 Å². The number of aliphatic carboxylic acids is 1. The number of rotatable bonds is 4. The molecule has 1 N–H and O–H groups in total. The molecule has 26 heavy (non-hydrogen) atoms. The van der Waals surface area contributed by atoms with Gasteiger partial charge in [0.05, 0.1) is 23.7 Å². The van der Waals surface area contributed by atoms with Gasteiger partial charge in [-0.25, -0.2) is 4.98 Å². The Morgan fingerprint density at radius 1 is 1.15 bits per heavy atom. The Morgan fingerprint density at radius 3 is 2.58 bits per heavy atom. The number of hydrogen-bond acceptors (Lipinski definition) is 3. The summed E-state index contributed by atoms with van der Waals surface area (Å²) in [5, 5.41) is 13.1. The molecule has 0 spiro atoms. The van der Waals surface area contributed by atoms with Crippen LogP contribution in [-0.2, 0) is 18.3 Å². The van der Waals surface area contributed by atoms with Gasteiger partial charge in [0.2, 0.25) is 0 Å². The van der Waals surface area contributed by atoms with Gasteiger partial charge in [-0.1, -0.05) is 18.2 Å². The standard InChI is InChI=1S/C19H16N4O2.Li.H/c1-22-11-15(10-21-22)14-4-7-18-17(9-14)20-12-23(18)16-5-2-13(3-6-16)8-19(24)25;;/h2-7,9-12H,8H2,1H3,(H,24,25);;/q;+1;-1. The third kappa shape index (κ3) is 3.43. The number of fused-ring (bicyclic) bond motifs is 1. The first-order chi connectivity index (χ1) is 12.1. The van der Waals surface area contributed by atoms with Crippen LogP contribution in [0.2, 0.25) is 0 Å². The van der Waals surface area contributed by atoms with Crippen molar-refractivity contribution < 1.29 is 30.2 Å². The van der Waals surface area contributed by atoms with Crippen molar-refractivity contribution in [2.24, 2.45) is 7.05 Å². The molecule has 0 saturated carbocycles. The summed E-state index contributed by atoms with van der Waals surface area (Å²) in [7, 11) is 1.89. The first-order valence-corrected chi connectivity index (χ1v) is 7.87. The number of carboxylic acid groups (broad SMARTS) is 1. The van der Waals surface area contributed by atoms with Gasteiger partial charge in [0.25, 0.3) is 0 Å². The van der Waals surface area contributed by atoms with E-state index in [1.165, 1.54) is 0 Å². The Kier molecular flexibility index (Phi) is 4.98. The first-order valence-electron chi connectivity index (χ1n) is 7.87. The Labute approximate surface area is 163 Å². The maximum atomic E-state index is 10.8. The van der Waals surface area contributed by atoms with Gasteiger partial charge in [-0.15, -0.1) is 0 Å². The van der Waals surface area contributed by atoms with E-state index < -0.39 is 5.97 Å². The average Bonchev–Trinajstić information content (AvgIpc) is 3.21. The molecule has 7 heteroatoms. The summed E-state index contributed by atoms with van der Waals surface area (Å²) >= 11 is 0. The van der Waals surface area contributed by atoms with Crippen LogP contribution in [0.5, 0.6) is 0 Å². The minimum absolute atomic E-state index is 0. The zero-order valence-corrected chi connectivity index (χ0v) is 14.6. The molecule has 4 aromatic rings. The molecule has 0 aliphatic heterocycles. The van der Waals surface area contributed by atoms with E-state index in [2.05, 4.69) is 16.1 Å². The largest absolute Gasteiger partial charge is 1.00 e. The molecule has 0 aliphatic rings. The van der Waals surface area contributed by atoms with Crippen molar-refractivity contribution in [2.45, 2.75) is 6.42 Å². The van der Waals surface area contributed by atoms with Gasteiger partial charge in [0, 0.05) is 24.5 Å². The van der Waals surface area contributed by atoms with E-state index in [4.69, 9.17) is 5.11 Å². The average molecular weight is 340 g/mol. The Morgan fingerprint density at radius 2 is 1.92 bits per heavy atom. The van der Waals surface area contributed by atoms with E-state index in [-0.39, 0.29) is 26.7 Å². The van der Waals surface area contributed by atoms with Gasteiger partial charge in [-0.3, -0.25) is 14.0 Å². The molecule has 0 fully saturated rings. The van der Waals surface area contributed by atoms with Gasteiger partial charge < -0.3 is 6.53 Å². The summed E-state index contributed by atoms with van der Waals surface area (Å²) in [4.78, 5) is 15.3. The molecule has 2 aromatic carbocycles. The van der Waals surface area contributed by atoms with Gasteiger partial charge in [-0.05, 0) is 35.4 Å². The van der Waals surface area contributed by atoms with Crippen LogP contribution in [-0.4, -0.2) is 30.4 Å². The van der Waals surface area contributed by atoms with E-state index in [0.29, 0.717) is 0 Å². The maximum absolute atomic E-state index is 10.8. The number of carbonyl (C=O) groups is 1. The van der Waals surface area contributed by atoms with Crippen LogP contribution in [0.3, 0.4) is 0 Å². The van der Waals surface area contributed by atoms with Crippen molar-refractivity contribution in [3.63, 3.8) is 0 Å². The summed E-state index contributed by atoms with van der Waals surface area (Å²) in [6.45, 7) is 0. The molecule has 0 aliphatic carbocycles. The first kappa shape index (κ1) is 18.0. The number of hydrogen-bond donors (Lipinski definition) is 1. The van der Waals surface area contributed by atoms with Crippen molar-refractivity contribution >= 4 is 17.0 Å². The van der Waals surface area contributed by atoms with Crippen LogP contribution < -0.4 is 18.9 Å². The number of nitrogens with zero attached hydrogens (tertiary/aromatic N) is 4. The van der Waals surface area contributed by atoms with Crippen molar-refractivity contribution in [3.8, 4) is 16.8 Å². The number of benzene rings is 2. The molecule has 126 valence electrons. The molecule has 4 rings (SSSR count). The summed E-state index contributed by atoms with van der Waals surface area (Å²) < 4.78 is 3.77. The molecule has 0 saturated heterocycles. The second-order valence-electron chi connectivity index (χ2n) is 5.96. The van der Waals surface area contributed by atoms with Crippen LogP contribution in [0.15, 0.2) is 61.2 Å². The summed E-state index contributed by atoms with van der Waals surface area (Å²) in [6.07, 6.45) is 5.61. The predicted octanol–water partition coefficient (Wildman–Crippen LogP) is 0.170. The predicted molar refractivity (Wildman–Crippen MR) is 95.7 cm³/mol. The van der Waals surface area contributed by atoms with Crippen LogP contribution in [0.4, 0.5) is 0 Å². The smallest absolute Gasteiger partial charge is 1.00 e. The van der Waals surface area contributed by atoms with E-state index in [1.54, 1.807) is 11.0 Å². The van der Waals surface area contributed by atoms with E-state index in [0.717, 1.165) is 33.4 Å². The fraction of sp³-hybridized carbons (Fsp3) is 0.105. The summed E-state index contributed by atoms with van der Waals surface area (Å²) in [5.41, 5.74) is 5.75. The fourth-order valence-electron chi connectivity index (χ4n) is 2.92. The van der Waals surface area contributed by atoms with Crippen molar-refractivity contribution in [1.29, 1.82) is 0 Å². The zero-order valence-electron chi connectivity index (χ0n) is 15.6. The quantitative estimate of drug-likeness (QED) is 0.538. The fourth-order valence-corrected chi connectivity index (χ4v) is 2.92. The molecule has 2 aromatic heterocycles. The normalized spacial score (nSPS) is 10.7. The van der Waals surface area contributed by atoms with Crippen LogP contribution in [0, 0.1) is 0 Å². The molecule has 6 nitrogen and oxygen atoms in total. The summed E-state index contributed by atoms with van der Waals surface area (Å²) in [5.74, 6) is -0.830. The molecule has 0 radical (unpaired) electrons. The summed E-state index contributed by atoms with van der Waals surface area (Å²) in [6, 6.07) is 13.6. The Balaban J connectivity index is 0.00000131. The van der Waals surface area contributed by atoms with Gasteiger partial charge in [0.15, 0.2) is 0 Å². The molecular formula is C19H17LiN4O2. The zero-order chi connectivity index (χ0) is 17.4. The molecule has 0 amide bonds. The minimum atomic E-state index is -0.830. The number of aryl methyl sites for hydroxylation is 1. The van der Waals surface area contributed by atoms with E-state index in [9.17, 15) is 4.79 Å². The van der Waals surface area contributed by atoms with Crippen molar-refractivity contribution in [2.75, 3.05) is 0 Å². The minimum Gasteiger partial charge on any atom is -1.00 e. The van der Waals surface area contributed by atoms with Gasteiger partial charge >= 0.3 is 24.8 Å².